The summed E-state index contributed by atoms with van der Waals surface area (Å²) in [5.41, 5.74) is 0. The highest BCUT2D eigenvalue weighted by Gasteiger charge is 2.32. The van der Waals surface area contributed by atoms with E-state index in [4.69, 9.17) is 0 Å². The molecule has 1 amide bonds. The van der Waals surface area contributed by atoms with E-state index < -0.39 is 0 Å². The lowest BCUT2D eigenvalue weighted by atomic mass is 9.95. The summed E-state index contributed by atoms with van der Waals surface area (Å²) in [5, 5.41) is 3.30. The predicted octanol–water partition coefficient (Wildman–Crippen LogP) is 1.73. The molecule has 1 aliphatic rings. The first-order valence-corrected chi connectivity index (χ1v) is 6.40. The summed E-state index contributed by atoms with van der Waals surface area (Å²) in [5.74, 6) is 2.06. The molecule has 0 aromatic heterocycles. The molecule has 1 N–H and O–H groups in total. The number of likely N-dealkylation sites (tertiary alicyclic amines) is 1. The van der Waals surface area contributed by atoms with Crippen molar-refractivity contribution in [2.24, 2.45) is 17.8 Å². The normalized spacial score (nSPS) is 23.6. The van der Waals surface area contributed by atoms with Gasteiger partial charge in [-0.05, 0) is 24.8 Å². The minimum Gasteiger partial charge on any atom is -0.341 e. The highest BCUT2D eigenvalue weighted by molar-refractivity contribution is 5.78. The molecule has 16 heavy (non-hydrogen) atoms. The van der Waals surface area contributed by atoms with Crippen molar-refractivity contribution in [2.75, 3.05) is 20.1 Å². The third-order valence-electron chi connectivity index (χ3n) is 3.78. The van der Waals surface area contributed by atoms with Gasteiger partial charge in [-0.15, -0.1) is 0 Å². The number of nitrogens with zero attached hydrogens (tertiary/aromatic N) is 1. The number of hydrogen-bond acceptors (Lipinski definition) is 2. The molecule has 1 fully saturated rings. The third kappa shape index (κ3) is 3.21. The fourth-order valence-electron chi connectivity index (χ4n) is 2.30. The van der Waals surface area contributed by atoms with Crippen molar-refractivity contribution in [3.8, 4) is 0 Å². The van der Waals surface area contributed by atoms with E-state index in [9.17, 15) is 4.79 Å². The first kappa shape index (κ1) is 13.5. The Hall–Kier alpha value is -0.570. The number of carbonyl (C=O) groups is 1. The van der Waals surface area contributed by atoms with Crippen LogP contribution in [0.5, 0.6) is 0 Å². The zero-order chi connectivity index (χ0) is 12.3. The van der Waals surface area contributed by atoms with Crippen LogP contribution in [0.3, 0.4) is 0 Å². The zero-order valence-electron chi connectivity index (χ0n) is 11.3. The van der Waals surface area contributed by atoms with E-state index in [1.54, 1.807) is 0 Å². The Kier molecular flexibility index (Phi) is 4.78. The Bertz CT molecular complexity index is 238. The Morgan fingerprint density at radius 3 is 2.38 bits per heavy atom. The standard InChI is InChI=1S/C13H26N2O/c1-9(2)11-6-13(16)15(7-11)8-12(14-5)10(3)4/h9-12,14H,6-8H2,1-5H3. The molecule has 0 aromatic carbocycles. The quantitative estimate of drug-likeness (QED) is 0.774. The monoisotopic (exact) mass is 226 g/mol. The maximum absolute atomic E-state index is 11.9. The van der Waals surface area contributed by atoms with Gasteiger partial charge < -0.3 is 10.2 Å². The van der Waals surface area contributed by atoms with Gasteiger partial charge in [0.15, 0.2) is 0 Å². The topological polar surface area (TPSA) is 32.3 Å². The van der Waals surface area contributed by atoms with Crippen LogP contribution in [-0.2, 0) is 4.79 Å². The smallest absolute Gasteiger partial charge is 0.222 e. The van der Waals surface area contributed by atoms with Crippen molar-refractivity contribution >= 4 is 5.91 Å². The van der Waals surface area contributed by atoms with Crippen LogP contribution in [0.25, 0.3) is 0 Å². The van der Waals surface area contributed by atoms with Gasteiger partial charge in [-0.2, -0.15) is 0 Å². The summed E-state index contributed by atoms with van der Waals surface area (Å²) in [6.07, 6.45) is 0.742. The molecular formula is C13H26N2O. The average molecular weight is 226 g/mol. The number of carbonyl (C=O) groups excluding carboxylic acids is 1. The van der Waals surface area contributed by atoms with Gasteiger partial charge in [0.2, 0.25) is 5.91 Å². The highest BCUT2D eigenvalue weighted by atomic mass is 16.2. The van der Waals surface area contributed by atoms with Crippen molar-refractivity contribution in [3.05, 3.63) is 0 Å². The van der Waals surface area contributed by atoms with Crippen LogP contribution in [0, 0.1) is 17.8 Å². The van der Waals surface area contributed by atoms with Crippen LogP contribution in [-0.4, -0.2) is 37.0 Å². The van der Waals surface area contributed by atoms with Crippen molar-refractivity contribution in [2.45, 2.75) is 40.2 Å². The molecule has 3 nitrogen and oxygen atoms in total. The number of rotatable bonds is 5. The molecule has 2 atom stereocenters. The highest BCUT2D eigenvalue weighted by Crippen LogP contribution is 2.25. The van der Waals surface area contributed by atoms with Crippen LogP contribution < -0.4 is 5.32 Å². The SMILES string of the molecule is CNC(CN1CC(C(C)C)CC1=O)C(C)C. The molecule has 0 aromatic rings. The van der Waals surface area contributed by atoms with Crippen molar-refractivity contribution in [1.29, 1.82) is 0 Å². The molecule has 3 heteroatoms. The lowest BCUT2D eigenvalue weighted by Gasteiger charge is -2.27. The van der Waals surface area contributed by atoms with E-state index in [0.29, 0.717) is 29.7 Å². The average Bonchev–Trinajstić information content (AvgIpc) is 2.56. The number of hydrogen-bond donors (Lipinski definition) is 1. The molecule has 1 rings (SSSR count). The first-order chi connectivity index (χ1) is 7.45. The van der Waals surface area contributed by atoms with Gasteiger partial charge in [-0.3, -0.25) is 4.79 Å². The van der Waals surface area contributed by atoms with Crippen LogP contribution in [0.1, 0.15) is 34.1 Å². The summed E-state index contributed by atoms with van der Waals surface area (Å²) >= 11 is 0. The number of amides is 1. The summed E-state index contributed by atoms with van der Waals surface area (Å²) in [4.78, 5) is 13.9. The van der Waals surface area contributed by atoms with Gasteiger partial charge in [0.05, 0.1) is 0 Å². The Morgan fingerprint density at radius 2 is 2.00 bits per heavy atom. The number of likely N-dealkylation sites (N-methyl/N-ethyl adjacent to an activating group) is 1. The second-order valence-corrected chi connectivity index (χ2v) is 5.65. The molecule has 0 bridgehead atoms. The fraction of sp³-hybridized carbons (Fsp3) is 0.923. The summed E-state index contributed by atoms with van der Waals surface area (Å²) in [6, 6.07) is 0.412. The summed E-state index contributed by atoms with van der Waals surface area (Å²) in [6.45, 7) is 10.6. The van der Waals surface area contributed by atoms with E-state index in [2.05, 4.69) is 33.0 Å². The van der Waals surface area contributed by atoms with E-state index in [-0.39, 0.29) is 0 Å². The van der Waals surface area contributed by atoms with E-state index in [1.165, 1.54) is 0 Å². The molecule has 0 aliphatic carbocycles. The van der Waals surface area contributed by atoms with E-state index >= 15 is 0 Å². The van der Waals surface area contributed by atoms with Crippen LogP contribution in [0.4, 0.5) is 0 Å². The maximum Gasteiger partial charge on any atom is 0.222 e. The minimum atomic E-state index is 0.333. The second-order valence-electron chi connectivity index (χ2n) is 5.65. The molecule has 0 saturated carbocycles. The van der Waals surface area contributed by atoms with Gasteiger partial charge in [0.1, 0.15) is 0 Å². The maximum atomic E-state index is 11.9. The van der Waals surface area contributed by atoms with E-state index in [0.717, 1.165) is 19.5 Å². The predicted molar refractivity (Wildman–Crippen MR) is 67.2 cm³/mol. The van der Waals surface area contributed by atoms with Gasteiger partial charge in [-0.1, -0.05) is 27.7 Å². The van der Waals surface area contributed by atoms with Gasteiger partial charge >= 0.3 is 0 Å². The third-order valence-corrected chi connectivity index (χ3v) is 3.78. The van der Waals surface area contributed by atoms with Crippen molar-refractivity contribution in [3.63, 3.8) is 0 Å². The molecule has 94 valence electrons. The molecule has 1 aliphatic heterocycles. The van der Waals surface area contributed by atoms with E-state index in [1.807, 2.05) is 11.9 Å². The molecule has 2 unspecified atom stereocenters. The summed E-state index contributed by atoms with van der Waals surface area (Å²) in [7, 11) is 1.98. The second kappa shape index (κ2) is 5.67. The van der Waals surface area contributed by atoms with Crippen LogP contribution >= 0.6 is 0 Å². The summed E-state index contributed by atoms with van der Waals surface area (Å²) < 4.78 is 0. The van der Waals surface area contributed by atoms with Gasteiger partial charge in [0.25, 0.3) is 0 Å². The molecule has 0 spiro atoms. The van der Waals surface area contributed by atoms with Gasteiger partial charge in [0, 0.05) is 25.6 Å². The first-order valence-electron chi connectivity index (χ1n) is 6.40. The Morgan fingerprint density at radius 1 is 1.38 bits per heavy atom. The lowest BCUT2D eigenvalue weighted by Crippen LogP contribution is -2.43. The Balaban J connectivity index is 2.52. The van der Waals surface area contributed by atoms with Crippen molar-refractivity contribution < 1.29 is 4.79 Å². The van der Waals surface area contributed by atoms with Crippen LogP contribution in [0.2, 0.25) is 0 Å². The largest absolute Gasteiger partial charge is 0.341 e. The van der Waals surface area contributed by atoms with Gasteiger partial charge in [-0.25, -0.2) is 0 Å². The minimum absolute atomic E-state index is 0.333. The fourth-order valence-corrected chi connectivity index (χ4v) is 2.30. The molecule has 1 heterocycles. The molecular weight excluding hydrogens is 200 g/mol. The number of nitrogens with one attached hydrogen (secondary N) is 1. The lowest BCUT2D eigenvalue weighted by molar-refractivity contribution is -0.128. The van der Waals surface area contributed by atoms with Crippen molar-refractivity contribution in [1.82, 2.24) is 10.2 Å². The molecule has 0 radical (unpaired) electrons. The van der Waals surface area contributed by atoms with Crippen LogP contribution in [0.15, 0.2) is 0 Å². The molecule has 1 saturated heterocycles. The Labute approximate surface area is 99.6 Å². The zero-order valence-corrected chi connectivity index (χ0v) is 11.3.